The minimum Gasteiger partial charge on any atom is -0.488 e. The van der Waals surface area contributed by atoms with Crippen LogP contribution in [0.15, 0.2) is 30.3 Å². The average molecular weight is 310 g/mol. The first-order valence-electron chi connectivity index (χ1n) is 6.51. The van der Waals surface area contributed by atoms with E-state index in [1.54, 1.807) is 6.07 Å². The molecular formula is C16H17Cl2NO. The third kappa shape index (κ3) is 3.65. The molecule has 2 aromatic rings. The van der Waals surface area contributed by atoms with E-state index in [4.69, 9.17) is 27.9 Å². The van der Waals surface area contributed by atoms with E-state index < -0.39 is 0 Å². The van der Waals surface area contributed by atoms with Crippen LogP contribution in [0.25, 0.3) is 0 Å². The van der Waals surface area contributed by atoms with E-state index in [0.29, 0.717) is 22.8 Å². The number of aryl methyl sites for hydroxylation is 1. The molecule has 0 amide bonds. The summed E-state index contributed by atoms with van der Waals surface area (Å²) in [4.78, 5) is 4.01. The largest absolute Gasteiger partial charge is 0.488 e. The average Bonchev–Trinajstić information content (AvgIpc) is 2.37. The molecular weight excluding hydrogens is 293 g/mol. The number of hydrogen-bond acceptors (Lipinski definition) is 2. The highest BCUT2D eigenvalue weighted by Gasteiger charge is 2.10. The van der Waals surface area contributed by atoms with Crippen LogP contribution in [0, 0.1) is 6.92 Å². The van der Waals surface area contributed by atoms with E-state index in [1.807, 2.05) is 19.1 Å². The standard InChI is InChI=1S/C16H17Cl2NO/c1-10(2)13-6-4-11(3)8-14(13)20-9-12-5-7-15(17)19-16(12)18/h4-8,10H,9H2,1-3H3. The van der Waals surface area contributed by atoms with Crippen molar-refractivity contribution < 1.29 is 4.74 Å². The summed E-state index contributed by atoms with van der Waals surface area (Å²) in [7, 11) is 0. The van der Waals surface area contributed by atoms with Gasteiger partial charge >= 0.3 is 0 Å². The van der Waals surface area contributed by atoms with Crippen molar-refractivity contribution >= 4 is 23.2 Å². The van der Waals surface area contributed by atoms with Gasteiger partial charge < -0.3 is 4.74 Å². The van der Waals surface area contributed by atoms with Crippen LogP contribution in [0.1, 0.15) is 36.5 Å². The van der Waals surface area contributed by atoms with E-state index in [-0.39, 0.29) is 0 Å². The van der Waals surface area contributed by atoms with Gasteiger partial charge in [0.15, 0.2) is 0 Å². The van der Waals surface area contributed by atoms with Crippen molar-refractivity contribution in [2.75, 3.05) is 0 Å². The SMILES string of the molecule is Cc1ccc(C(C)C)c(OCc2ccc(Cl)nc2Cl)c1. The number of aromatic nitrogens is 1. The molecule has 0 radical (unpaired) electrons. The highest BCUT2D eigenvalue weighted by atomic mass is 35.5. The molecule has 0 saturated heterocycles. The lowest BCUT2D eigenvalue weighted by molar-refractivity contribution is 0.301. The lowest BCUT2D eigenvalue weighted by atomic mass is 10.0. The van der Waals surface area contributed by atoms with Gasteiger partial charge in [0.2, 0.25) is 0 Å². The molecule has 1 aromatic carbocycles. The van der Waals surface area contributed by atoms with Crippen molar-refractivity contribution in [2.45, 2.75) is 33.3 Å². The second-order valence-corrected chi connectivity index (χ2v) is 5.81. The van der Waals surface area contributed by atoms with Gasteiger partial charge in [-0.15, -0.1) is 0 Å². The monoisotopic (exact) mass is 309 g/mol. The van der Waals surface area contributed by atoms with Crippen molar-refractivity contribution in [2.24, 2.45) is 0 Å². The Morgan fingerprint density at radius 2 is 1.90 bits per heavy atom. The molecule has 0 aliphatic heterocycles. The van der Waals surface area contributed by atoms with E-state index in [9.17, 15) is 0 Å². The molecule has 2 nitrogen and oxygen atoms in total. The molecule has 0 aliphatic carbocycles. The highest BCUT2D eigenvalue weighted by molar-refractivity contribution is 6.32. The van der Waals surface area contributed by atoms with Crippen LogP contribution in [-0.4, -0.2) is 4.98 Å². The number of pyridine rings is 1. The second kappa shape index (κ2) is 6.47. The number of benzene rings is 1. The Labute approximate surface area is 129 Å². The van der Waals surface area contributed by atoms with Crippen LogP contribution in [0.4, 0.5) is 0 Å². The van der Waals surface area contributed by atoms with Gasteiger partial charge in [0, 0.05) is 5.56 Å². The zero-order chi connectivity index (χ0) is 14.7. The quantitative estimate of drug-likeness (QED) is 0.705. The molecule has 0 saturated carbocycles. The summed E-state index contributed by atoms with van der Waals surface area (Å²) in [5, 5.41) is 0.772. The fourth-order valence-electron chi connectivity index (χ4n) is 1.95. The van der Waals surface area contributed by atoms with Gasteiger partial charge in [-0.25, -0.2) is 4.98 Å². The Kier molecular flexibility index (Phi) is 4.90. The van der Waals surface area contributed by atoms with Crippen molar-refractivity contribution in [3.8, 4) is 5.75 Å². The van der Waals surface area contributed by atoms with Gasteiger partial charge in [0.25, 0.3) is 0 Å². The summed E-state index contributed by atoms with van der Waals surface area (Å²) in [6, 6.07) is 9.80. The summed E-state index contributed by atoms with van der Waals surface area (Å²) >= 11 is 11.8. The predicted molar refractivity (Wildman–Crippen MR) is 83.9 cm³/mol. The molecule has 0 fully saturated rings. The number of halogens is 2. The fourth-order valence-corrected chi connectivity index (χ4v) is 2.35. The number of rotatable bonds is 4. The third-order valence-corrected chi connectivity index (χ3v) is 3.60. The van der Waals surface area contributed by atoms with Crippen molar-refractivity contribution in [1.29, 1.82) is 0 Å². The molecule has 1 aromatic heterocycles. The Morgan fingerprint density at radius 3 is 2.55 bits per heavy atom. The summed E-state index contributed by atoms with van der Waals surface area (Å²) in [6.45, 7) is 6.72. The fraction of sp³-hybridized carbons (Fsp3) is 0.312. The van der Waals surface area contributed by atoms with Crippen molar-refractivity contribution in [1.82, 2.24) is 4.98 Å². The first-order chi connectivity index (χ1) is 9.47. The molecule has 0 unspecified atom stereocenters. The number of hydrogen-bond donors (Lipinski definition) is 0. The molecule has 0 bridgehead atoms. The van der Waals surface area contributed by atoms with Crippen LogP contribution < -0.4 is 4.74 Å². The molecule has 1 heterocycles. The summed E-state index contributed by atoms with van der Waals surface area (Å²) in [5.41, 5.74) is 3.19. The zero-order valence-corrected chi connectivity index (χ0v) is 13.3. The van der Waals surface area contributed by atoms with E-state index in [1.165, 1.54) is 11.1 Å². The first kappa shape index (κ1) is 15.1. The topological polar surface area (TPSA) is 22.1 Å². The van der Waals surface area contributed by atoms with E-state index >= 15 is 0 Å². The minimum absolute atomic E-state index is 0.381. The van der Waals surface area contributed by atoms with Gasteiger partial charge in [-0.3, -0.25) is 0 Å². The summed E-state index contributed by atoms with van der Waals surface area (Å²) in [6.07, 6.45) is 0. The predicted octanol–water partition coefficient (Wildman–Crippen LogP) is 5.40. The maximum Gasteiger partial charge on any atom is 0.137 e. The smallest absolute Gasteiger partial charge is 0.137 e. The maximum absolute atomic E-state index is 6.05. The molecule has 0 spiro atoms. The van der Waals surface area contributed by atoms with Crippen molar-refractivity contribution in [3.63, 3.8) is 0 Å². The third-order valence-electron chi connectivity index (χ3n) is 3.07. The Hall–Kier alpha value is -1.25. The Bertz CT molecular complexity index is 611. The Morgan fingerprint density at radius 1 is 1.15 bits per heavy atom. The molecule has 0 aliphatic rings. The van der Waals surface area contributed by atoms with Gasteiger partial charge in [-0.1, -0.05) is 49.2 Å². The first-order valence-corrected chi connectivity index (χ1v) is 7.27. The molecule has 2 rings (SSSR count). The zero-order valence-electron chi connectivity index (χ0n) is 11.8. The molecule has 20 heavy (non-hydrogen) atoms. The molecule has 0 atom stereocenters. The van der Waals surface area contributed by atoms with Gasteiger partial charge in [-0.2, -0.15) is 0 Å². The molecule has 106 valence electrons. The van der Waals surface area contributed by atoms with Crippen LogP contribution in [0.3, 0.4) is 0 Å². The molecule has 4 heteroatoms. The van der Waals surface area contributed by atoms with Crippen LogP contribution in [0.5, 0.6) is 5.75 Å². The second-order valence-electron chi connectivity index (χ2n) is 5.07. The van der Waals surface area contributed by atoms with Crippen LogP contribution in [0.2, 0.25) is 10.3 Å². The lowest BCUT2D eigenvalue weighted by Crippen LogP contribution is -2.01. The maximum atomic E-state index is 6.05. The highest BCUT2D eigenvalue weighted by Crippen LogP contribution is 2.29. The van der Waals surface area contributed by atoms with E-state index in [0.717, 1.165) is 11.3 Å². The van der Waals surface area contributed by atoms with Crippen LogP contribution >= 0.6 is 23.2 Å². The molecule has 0 N–H and O–H groups in total. The van der Waals surface area contributed by atoms with Gasteiger partial charge in [-0.05, 0) is 42.2 Å². The normalized spacial score (nSPS) is 10.9. The summed E-state index contributed by atoms with van der Waals surface area (Å²) in [5.74, 6) is 1.30. The summed E-state index contributed by atoms with van der Waals surface area (Å²) < 4.78 is 5.92. The van der Waals surface area contributed by atoms with Gasteiger partial charge in [0.1, 0.15) is 22.7 Å². The van der Waals surface area contributed by atoms with Crippen LogP contribution in [-0.2, 0) is 6.61 Å². The van der Waals surface area contributed by atoms with Gasteiger partial charge in [0.05, 0.1) is 0 Å². The lowest BCUT2D eigenvalue weighted by Gasteiger charge is -2.15. The number of ether oxygens (including phenoxy) is 1. The van der Waals surface area contributed by atoms with E-state index in [2.05, 4.69) is 31.0 Å². The minimum atomic E-state index is 0.381. The number of nitrogens with zero attached hydrogens (tertiary/aromatic N) is 1. The van der Waals surface area contributed by atoms with Crippen molar-refractivity contribution in [3.05, 3.63) is 57.3 Å². The Balaban J connectivity index is 2.20.